The molecule has 5 heteroatoms. The number of hydrogen-bond acceptors (Lipinski definition) is 4. The molecule has 0 amide bonds. The maximum absolute atomic E-state index is 10.9. The lowest BCUT2D eigenvalue weighted by molar-refractivity contribution is 0.343. The van der Waals surface area contributed by atoms with Crippen LogP contribution >= 0.6 is 0 Å². The molecule has 16 heavy (non-hydrogen) atoms. The Morgan fingerprint density at radius 3 is 2.75 bits per heavy atom. The Morgan fingerprint density at radius 2 is 2.06 bits per heavy atom. The fourth-order valence-electron chi connectivity index (χ4n) is 2.08. The molecule has 1 N–H and O–H groups in total. The summed E-state index contributed by atoms with van der Waals surface area (Å²) in [7, 11) is -0.633. The van der Waals surface area contributed by atoms with Gasteiger partial charge in [0, 0.05) is 12.3 Å². The van der Waals surface area contributed by atoms with Crippen molar-refractivity contribution in [3.05, 3.63) is 0 Å². The maximum Gasteiger partial charge on any atom is 0.147 e. The van der Waals surface area contributed by atoms with Crippen LogP contribution in [0.1, 0.15) is 25.7 Å². The molecule has 0 aromatic heterocycles. The van der Waals surface area contributed by atoms with E-state index in [4.69, 9.17) is 0 Å². The predicted molar refractivity (Wildman–Crippen MR) is 67.5 cm³/mol. The standard InChI is InChI=1S/C11H24N2O2S/c1-13-8-3-5-11(6-9-13)12-7-4-10-16(2,14)15/h11-12H,3-10H2,1-2H3. The van der Waals surface area contributed by atoms with Crippen molar-refractivity contribution in [3.8, 4) is 0 Å². The molecular weight excluding hydrogens is 224 g/mol. The molecule has 1 saturated heterocycles. The Kier molecular flexibility index (Phi) is 5.72. The van der Waals surface area contributed by atoms with Crippen molar-refractivity contribution in [3.63, 3.8) is 0 Å². The molecule has 0 aliphatic carbocycles. The fourth-order valence-corrected chi connectivity index (χ4v) is 2.75. The molecule has 1 aliphatic rings. The van der Waals surface area contributed by atoms with Crippen molar-refractivity contribution >= 4 is 9.84 Å². The third-order valence-corrected chi connectivity index (χ3v) is 4.11. The Hall–Kier alpha value is -0.130. The summed E-state index contributed by atoms with van der Waals surface area (Å²) in [4.78, 5) is 2.36. The van der Waals surface area contributed by atoms with Crippen molar-refractivity contribution in [2.45, 2.75) is 31.7 Å². The molecule has 1 heterocycles. The van der Waals surface area contributed by atoms with Crippen LogP contribution in [0.2, 0.25) is 0 Å². The third-order valence-electron chi connectivity index (χ3n) is 3.08. The molecule has 1 rings (SSSR count). The summed E-state index contributed by atoms with van der Waals surface area (Å²) in [6, 6.07) is 0.574. The molecule has 0 aromatic rings. The van der Waals surface area contributed by atoms with Crippen LogP contribution in [0.3, 0.4) is 0 Å². The highest BCUT2D eigenvalue weighted by Gasteiger charge is 2.13. The van der Waals surface area contributed by atoms with E-state index in [1.807, 2.05) is 0 Å². The first kappa shape index (κ1) is 13.9. The number of rotatable bonds is 5. The third kappa shape index (κ3) is 6.45. The summed E-state index contributed by atoms with van der Waals surface area (Å²) < 4.78 is 21.9. The molecule has 4 nitrogen and oxygen atoms in total. The average molecular weight is 248 g/mol. The van der Waals surface area contributed by atoms with Gasteiger partial charge in [0.2, 0.25) is 0 Å². The Morgan fingerprint density at radius 1 is 1.31 bits per heavy atom. The molecule has 1 unspecified atom stereocenters. The van der Waals surface area contributed by atoms with E-state index in [1.54, 1.807) is 0 Å². The minimum absolute atomic E-state index is 0.298. The van der Waals surface area contributed by atoms with Crippen molar-refractivity contribution < 1.29 is 8.42 Å². The zero-order valence-corrected chi connectivity index (χ0v) is 11.2. The van der Waals surface area contributed by atoms with Gasteiger partial charge in [-0.25, -0.2) is 8.42 Å². The molecule has 0 bridgehead atoms. The smallest absolute Gasteiger partial charge is 0.147 e. The molecule has 96 valence electrons. The van der Waals surface area contributed by atoms with Gasteiger partial charge in [-0.3, -0.25) is 0 Å². The number of nitrogens with zero attached hydrogens (tertiary/aromatic N) is 1. The van der Waals surface area contributed by atoms with E-state index in [1.165, 1.54) is 32.1 Å². The van der Waals surface area contributed by atoms with Gasteiger partial charge in [0.05, 0.1) is 5.75 Å². The average Bonchev–Trinajstić information content (AvgIpc) is 2.37. The molecule has 0 saturated carbocycles. The highest BCUT2D eigenvalue weighted by Crippen LogP contribution is 2.09. The van der Waals surface area contributed by atoms with Gasteiger partial charge in [-0.1, -0.05) is 0 Å². The van der Waals surface area contributed by atoms with Crippen LogP contribution in [0.5, 0.6) is 0 Å². The zero-order valence-electron chi connectivity index (χ0n) is 10.4. The quantitative estimate of drug-likeness (QED) is 0.720. The highest BCUT2D eigenvalue weighted by molar-refractivity contribution is 7.90. The van der Waals surface area contributed by atoms with E-state index in [-0.39, 0.29) is 0 Å². The van der Waals surface area contributed by atoms with Crippen LogP contribution in [-0.4, -0.2) is 58.1 Å². The van der Waals surface area contributed by atoms with Crippen LogP contribution in [-0.2, 0) is 9.84 Å². The van der Waals surface area contributed by atoms with Crippen LogP contribution in [0, 0.1) is 0 Å². The minimum atomic E-state index is -2.79. The first-order chi connectivity index (χ1) is 7.47. The predicted octanol–water partition coefficient (Wildman–Crippen LogP) is 0.495. The monoisotopic (exact) mass is 248 g/mol. The molecule has 0 aromatic carbocycles. The minimum Gasteiger partial charge on any atom is -0.314 e. The normalized spacial score (nSPS) is 24.2. The maximum atomic E-state index is 10.9. The largest absolute Gasteiger partial charge is 0.314 e. The number of likely N-dealkylation sites (tertiary alicyclic amines) is 1. The van der Waals surface area contributed by atoms with Gasteiger partial charge in [-0.2, -0.15) is 0 Å². The van der Waals surface area contributed by atoms with E-state index < -0.39 is 9.84 Å². The van der Waals surface area contributed by atoms with Crippen molar-refractivity contribution in [2.75, 3.05) is 38.7 Å². The summed E-state index contributed by atoms with van der Waals surface area (Å²) in [5, 5.41) is 3.46. The van der Waals surface area contributed by atoms with Crippen LogP contribution in [0.15, 0.2) is 0 Å². The van der Waals surface area contributed by atoms with Crippen LogP contribution in [0.4, 0.5) is 0 Å². The molecule has 0 spiro atoms. The Bertz CT molecular complexity index is 290. The van der Waals surface area contributed by atoms with Gasteiger partial charge >= 0.3 is 0 Å². The van der Waals surface area contributed by atoms with Gasteiger partial charge < -0.3 is 10.2 Å². The summed E-state index contributed by atoms with van der Waals surface area (Å²) in [5.74, 6) is 0.298. The van der Waals surface area contributed by atoms with E-state index >= 15 is 0 Å². The summed E-state index contributed by atoms with van der Waals surface area (Å²) >= 11 is 0. The lowest BCUT2D eigenvalue weighted by Crippen LogP contribution is -2.31. The summed E-state index contributed by atoms with van der Waals surface area (Å²) in [6.45, 7) is 3.15. The number of nitrogens with one attached hydrogen (secondary N) is 1. The van der Waals surface area contributed by atoms with Gasteiger partial charge in [-0.15, -0.1) is 0 Å². The number of sulfone groups is 1. The van der Waals surface area contributed by atoms with Crippen LogP contribution in [0.25, 0.3) is 0 Å². The fraction of sp³-hybridized carbons (Fsp3) is 1.00. The molecule has 1 fully saturated rings. The summed E-state index contributed by atoms with van der Waals surface area (Å²) in [5.41, 5.74) is 0. The molecule has 1 atom stereocenters. The van der Waals surface area contributed by atoms with Gasteiger partial charge in [0.25, 0.3) is 0 Å². The van der Waals surface area contributed by atoms with Crippen LogP contribution < -0.4 is 5.32 Å². The van der Waals surface area contributed by atoms with Crippen molar-refractivity contribution in [2.24, 2.45) is 0 Å². The summed E-state index contributed by atoms with van der Waals surface area (Å²) in [6.07, 6.45) is 5.65. The number of hydrogen-bond donors (Lipinski definition) is 1. The molecule has 1 aliphatic heterocycles. The van der Waals surface area contributed by atoms with E-state index in [2.05, 4.69) is 17.3 Å². The van der Waals surface area contributed by atoms with Gasteiger partial charge in [0.1, 0.15) is 9.84 Å². The zero-order chi connectivity index (χ0) is 12.0. The van der Waals surface area contributed by atoms with Gasteiger partial charge in [-0.05, 0) is 52.4 Å². The second-order valence-electron chi connectivity index (χ2n) is 4.87. The Labute approximate surface area is 99.3 Å². The SMILES string of the molecule is CN1CCCC(NCCCS(C)(=O)=O)CC1. The van der Waals surface area contributed by atoms with E-state index in [0.29, 0.717) is 11.8 Å². The van der Waals surface area contributed by atoms with Crippen molar-refractivity contribution in [1.82, 2.24) is 10.2 Å². The molecule has 0 radical (unpaired) electrons. The van der Waals surface area contributed by atoms with Gasteiger partial charge in [0.15, 0.2) is 0 Å². The second kappa shape index (κ2) is 6.57. The lowest BCUT2D eigenvalue weighted by atomic mass is 10.1. The van der Waals surface area contributed by atoms with E-state index in [0.717, 1.165) is 19.5 Å². The lowest BCUT2D eigenvalue weighted by Gasteiger charge is -2.16. The Balaban J connectivity index is 2.13. The topological polar surface area (TPSA) is 49.4 Å². The van der Waals surface area contributed by atoms with E-state index in [9.17, 15) is 8.42 Å². The second-order valence-corrected chi connectivity index (χ2v) is 7.13. The first-order valence-electron chi connectivity index (χ1n) is 6.07. The highest BCUT2D eigenvalue weighted by atomic mass is 32.2. The first-order valence-corrected chi connectivity index (χ1v) is 8.13. The van der Waals surface area contributed by atoms with Crippen molar-refractivity contribution in [1.29, 1.82) is 0 Å². The molecular formula is C11H24N2O2S.